The zero-order valence-electron chi connectivity index (χ0n) is 36.6. The van der Waals surface area contributed by atoms with Crippen LogP contribution in [-0.4, -0.2) is 10.2 Å². The van der Waals surface area contributed by atoms with E-state index in [4.69, 9.17) is 0 Å². The second-order valence-electron chi connectivity index (χ2n) is 17.4. The number of phenols is 2. The van der Waals surface area contributed by atoms with Crippen LogP contribution in [0.25, 0.3) is 72.4 Å². The number of hydrogen-bond acceptors (Lipinski definition) is 6. The van der Waals surface area contributed by atoms with Crippen molar-refractivity contribution < 1.29 is 10.2 Å². The van der Waals surface area contributed by atoms with E-state index in [0.717, 1.165) is 11.1 Å². The SMILES string of the molecule is CCCCCCCCC1(CCCCCCCC)c2cc(-c3ccc(-c4ccc(-c5ccc(O)cc5)s4)s3)ccc2-c2ccc(-c3ccc(-c4ccc(-c5ccc(O)cc5)s4)s3)cc21. The lowest BCUT2D eigenvalue weighted by Gasteiger charge is -2.33. The number of phenolic OH excluding ortho intramolecular Hbond substituents is 2. The predicted octanol–water partition coefficient (Wildman–Crippen LogP) is 19.1. The first-order valence-corrected chi connectivity index (χ1v) is 26.5. The number of benzene rings is 4. The summed E-state index contributed by atoms with van der Waals surface area (Å²) in [6.45, 7) is 4.63. The molecule has 322 valence electrons. The Morgan fingerprint density at radius 2 is 0.635 bits per heavy atom. The molecule has 2 N–H and O–H groups in total. The highest BCUT2D eigenvalue weighted by Crippen LogP contribution is 2.56. The maximum absolute atomic E-state index is 9.84. The van der Waals surface area contributed by atoms with Gasteiger partial charge >= 0.3 is 0 Å². The molecule has 0 saturated heterocycles. The minimum atomic E-state index is -0.0219. The molecule has 0 bridgehead atoms. The summed E-state index contributed by atoms with van der Waals surface area (Å²) in [6.07, 6.45) is 18.0. The Balaban J connectivity index is 1.06. The van der Waals surface area contributed by atoms with Gasteiger partial charge < -0.3 is 10.2 Å². The Kier molecular flexibility index (Phi) is 13.8. The third-order valence-corrected chi connectivity index (χ3v) is 18.0. The normalized spacial score (nSPS) is 12.8. The van der Waals surface area contributed by atoms with Crippen LogP contribution in [0.3, 0.4) is 0 Å². The third-order valence-electron chi connectivity index (χ3n) is 13.1. The van der Waals surface area contributed by atoms with Crippen LogP contribution >= 0.6 is 45.3 Å². The van der Waals surface area contributed by atoms with Crippen molar-refractivity contribution in [3.05, 3.63) is 145 Å². The van der Waals surface area contributed by atoms with Crippen LogP contribution in [0, 0.1) is 0 Å². The number of thiophene rings is 4. The fourth-order valence-corrected chi connectivity index (χ4v) is 13.8. The van der Waals surface area contributed by atoms with Crippen LogP contribution < -0.4 is 0 Å². The molecule has 0 unspecified atom stereocenters. The van der Waals surface area contributed by atoms with Gasteiger partial charge in [-0.15, -0.1) is 45.3 Å². The Morgan fingerprint density at radius 3 is 1.00 bits per heavy atom. The van der Waals surface area contributed by atoms with E-state index in [9.17, 15) is 10.2 Å². The summed E-state index contributed by atoms with van der Waals surface area (Å²) < 4.78 is 0. The van der Waals surface area contributed by atoms with E-state index in [0.29, 0.717) is 11.5 Å². The zero-order chi connectivity index (χ0) is 43.2. The molecule has 0 fully saturated rings. The fraction of sp³-hybridized carbons (Fsp3) is 0.298. The maximum Gasteiger partial charge on any atom is 0.115 e. The summed E-state index contributed by atoms with van der Waals surface area (Å²) in [4.78, 5) is 10.2. The molecule has 0 saturated carbocycles. The molecule has 4 aromatic heterocycles. The molecule has 0 amide bonds. The number of unbranched alkanes of at least 4 members (excludes halogenated alkanes) is 10. The van der Waals surface area contributed by atoms with Gasteiger partial charge in [-0.1, -0.05) is 115 Å². The summed E-state index contributed by atoms with van der Waals surface area (Å²) in [5.74, 6) is 0.598. The fourth-order valence-electron chi connectivity index (χ4n) is 9.63. The minimum Gasteiger partial charge on any atom is -0.508 e. The molecule has 4 heterocycles. The van der Waals surface area contributed by atoms with Crippen LogP contribution in [0.2, 0.25) is 0 Å². The molecule has 9 rings (SSSR count). The van der Waals surface area contributed by atoms with Gasteiger partial charge in [0.2, 0.25) is 0 Å². The molecule has 4 aromatic carbocycles. The van der Waals surface area contributed by atoms with E-state index < -0.39 is 0 Å². The standard InChI is InChI=1S/C57H58O2S4/c1-3-5-7-9-11-13-35-57(36-14-12-10-8-6-4-2)47-37-41(51-29-33-55(62-51)53-31-27-49(60-53)39-15-21-43(58)22-16-39)19-25-45(47)46-26-20-42(38-48(46)57)52-30-34-56(63-52)54-32-28-50(61-54)40-17-23-44(59)24-18-40/h15-34,37-38,58-59H,3-14,35-36H2,1-2H3. The van der Waals surface area contributed by atoms with E-state index in [-0.39, 0.29) is 5.41 Å². The minimum absolute atomic E-state index is 0.0219. The largest absolute Gasteiger partial charge is 0.508 e. The van der Waals surface area contributed by atoms with E-state index in [2.05, 4.69) is 98.8 Å². The highest BCUT2D eigenvalue weighted by molar-refractivity contribution is 7.25. The molecule has 0 atom stereocenters. The summed E-state index contributed by atoms with van der Waals surface area (Å²) in [5.41, 5.74) is 10.9. The van der Waals surface area contributed by atoms with E-state index in [1.165, 1.54) is 151 Å². The number of hydrogen-bond donors (Lipinski definition) is 2. The van der Waals surface area contributed by atoms with Crippen molar-refractivity contribution in [3.63, 3.8) is 0 Å². The molecule has 0 aliphatic heterocycles. The van der Waals surface area contributed by atoms with Gasteiger partial charge in [-0.3, -0.25) is 0 Å². The van der Waals surface area contributed by atoms with Crippen molar-refractivity contribution in [2.24, 2.45) is 0 Å². The Labute approximate surface area is 390 Å². The molecule has 0 spiro atoms. The van der Waals surface area contributed by atoms with Crippen molar-refractivity contribution in [3.8, 4) is 83.9 Å². The number of rotatable bonds is 20. The van der Waals surface area contributed by atoms with Gasteiger partial charge in [-0.2, -0.15) is 0 Å². The molecule has 1 aliphatic rings. The van der Waals surface area contributed by atoms with Crippen LogP contribution in [0.5, 0.6) is 11.5 Å². The lowest BCUT2D eigenvalue weighted by Crippen LogP contribution is -2.25. The van der Waals surface area contributed by atoms with E-state index in [1.54, 1.807) is 35.4 Å². The molecule has 63 heavy (non-hydrogen) atoms. The van der Waals surface area contributed by atoms with Gasteiger partial charge in [0.05, 0.1) is 0 Å². The van der Waals surface area contributed by atoms with Gasteiger partial charge in [0.1, 0.15) is 11.5 Å². The van der Waals surface area contributed by atoms with Crippen molar-refractivity contribution >= 4 is 45.3 Å². The van der Waals surface area contributed by atoms with Gasteiger partial charge in [0, 0.05) is 44.4 Å². The second kappa shape index (κ2) is 20.0. The maximum atomic E-state index is 9.84. The van der Waals surface area contributed by atoms with Crippen LogP contribution in [0.15, 0.2) is 133 Å². The first-order valence-electron chi connectivity index (χ1n) is 23.2. The molecular formula is C57H58O2S4. The average Bonchev–Trinajstić information content (AvgIpc) is 4.17. The topological polar surface area (TPSA) is 40.5 Å². The van der Waals surface area contributed by atoms with Gasteiger partial charge in [-0.05, 0) is 167 Å². The lowest BCUT2D eigenvalue weighted by molar-refractivity contribution is 0.398. The monoisotopic (exact) mass is 902 g/mol. The van der Waals surface area contributed by atoms with Crippen molar-refractivity contribution in [1.82, 2.24) is 0 Å². The Bertz CT molecular complexity index is 2550. The molecule has 1 aliphatic carbocycles. The van der Waals surface area contributed by atoms with Crippen molar-refractivity contribution in [1.29, 1.82) is 0 Å². The Morgan fingerprint density at radius 1 is 0.333 bits per heavy atom. The zero-order valence-corrected chi connectivity index (χ0v) is 39.9. The van der Waals surface area contributed by atoms with E-state index in [1.807, 2.05) is 69.6 Å². The summed E-state index contributed by atoms with van der Waals surface area (Å²) in [7, 11) is 0. The molecular weight excluding hydrogens is 845 g/mol. The molecule has 2 nitrogen and oxygen atoms in total. The summed E-state index contributed by atoms with van der Waals surface area (Å²) in [6, 6.07) is 48.1. The molecule has 6 heteroatoms. The highest BCUT2D eigenvalue weighted by atomic mass is 32.1. The van der Waals surface area contributed by atoms with Crippen LogP contribution in [-0.2, 0) is 5.41 Å². The molecule has 0 radical (unpaired) electrons. The average molecular weight is 903 g/mol. The first-order chi connectivity index (χ1) is 30.9. The quantitative estimate of drug-likeness (QED) is 0.0748. The van der Waals surface area contributed by atoms with Crippen LogP contribution in [0.4, 0.5) is 0 Å². The third kappa shape index (κ3) is 9.56. The predicted molar refractivity (Wildman–Crippen MR) is 276 cm³/mol. The molecule has 8 aromatic rings. The van der Waals surface area contributed by atoms with Gasteiger partial charge in [-0.25, -0.2) is 0 Å². The number of fused-ring (bicyclic) bond motifs is 3. The summed E-state index contributed by atoms with van der Waals surface area (Å²) in [5, 5.41) is 19.7. The first kappa shape index (κ1) is 43.5. The smallest absolute Gasteiger partial charge is 0.115 e. The second-order valence-corrected chi connectivity index (χ2v) is 21.7. The Hall–Kier alpha value is -4.72. The lowest BCUT2D eigenvalue weighted by atomic mass is 9.70. The van der Waals surface area contributed by atoms with E-state index >= 15 is 0 Å². The van der Waals surface area contributed by atoms with Crippen LogP contribution in [0.1, 0.15) is 115 Å². The van der Waals surface area contributed by atoms with Gasteiger partial charge in [0.15, 0.2) is 0 Å². The summed E-state index contributed by atoms with van der Waals surface area (Å²) >= 11 is 7.44. The highest BCUT2D eigenvalue weighted by Gasteiger charge is 2.42. The number of aromatic hydroxyl groups is 2. The van der Waals surface area contributed by atoms with Gasteiger partial charge in [0.25, 0.3) is 0 Å². The van der Waals surface area contributed by atoms with Crippen molar-refractivity contribution in [2.45, 2.75) is 109 Å². The van der Waals surface area contributed by atoms with Crippen molar-refractivity contribution in [2.75, 3.05) is 0 Å².